The summed E-state index contributed by atoms with van der Waals surface area (Å²) in [7, 11) is 0. The summed E-state index contributed by atoms with van der Waals surface area (Å²) in [5.74, 6) is 0.712. The number of piperazine rings is 1. The van der Waals surface area contributed by atoms with Gasteiger partial charge in [0.2, 0.25) is 5.95 Å². The molecule has 0 bridgehead atoms. The van der Waals surface area contributed by atoms with Crippen molar-refractivity contribution in [3.05, 3.63) is 29.9 Å². The number of carbonyl (C=O) groups is 1. The highest BCUT2D eigenvalue weighted by molar-refractivity contribution is 7.13. The largest absolute Gasteiger partial charge is 0.450 e. The van der Waals surface area contributed by atoms with E-state index in [-0.39, 0.29) is 6.09 Å². The first-order chi connectivity index (χ1) is 10.8. The number of aromatic nitrogens is 2. The first-order valence-electron chi connectivity index (χ1n) is 7.30. The maximum atomic E-state index is 11.7. The van der Waals surface area contributed by atoms with Gasteiger partial charge in [-0.05, 0) is 18.4 Å². The van der Waals surface area contributed by atoms with Crippen molar-refractivity contribution in [3.8, 4) is 10.4 Å². The summed E-state index contributed by atoms with van der Waals surface area (Å²) in [6.45, 7) is 4.93. The molecule has 1 fully saturated rings. The molecule has 0 unspecified atom stereocenters. The minimum atomic E-state index is -0.240. The summed E-state index contributed by atoms with van der Waals surface area (Å²) in [6, 6.07) is 4.07. The first-order valence-corrected chi connectivity index (χ1v) is 8.18. The highest BCUT2D eigenvalue weighted by Crippen LogP contribution is 2.24. The molecular formula is C15H18N4O2S. The van der Waals surface area contributed by atoms with Crippen LogP contribution < -0.4 is 4.90 Å². The van der Waals surface area contributed by atoms with Gasteiger partial charge in [0.1, 0.15) is 0 Å². The van der Waals surface area contributed by atoms with Crippen molar-refractivity contribution in [2.45, 2.75) is 6.92 Å². The monoisotopic (exact) mass is 318 g/mol. The van der Waals surface area contributed by atoms with Crippen molar-refractivity contribution in [3.63, 3.8) is 0 Å². The van der Waals surface area contributed by atoms with Crippen LogP contribution in [0.4, 0.5) is 10.7 Å². The number of hydrogen-bond donors (Lipinski definition) is 0. The average Bonchev–Trinajstić information content (AvgIpc) is 3.10. The Morgan fingerprint density at radius 2 is 2.00 bits per heavy atom. The van der Waals surface area contributed by atoms with E-state index >= 15 is 0 Å². The predicted molar refractivity (Wildman–Crippen MR) is 86.2 cm³/mol. The maximum Gasteiger partial charge on any atom is 0.409 e. The number of nitrogens with zero attached hydrogens (tertiary/aromatic N) is 4. The van der Waals surface area contributed by atoms with Gasteiger partial charge in [0.25, 0.3) is 0 Å². The summed E-state index contributed by atoms with van der Waals surface area (Å²) in [5.41, 5.74) is 1.03. The second kappa shape index (κ2) is 6.74. The smallest absolute Gasteiger partial charge is 0.409 e. The van der Waals surface area contributed by atoms with E-state index in [0.29, 0.717) is 25.6 Å². The fourth-order valence-electron chi connectivity index (χ4n) is 2.36. The molecule has 2 aromatic heterocycles. The molecule has 3 rings (SSSR count). The molecule has 0 N–H and O–H groups in total. The Bertz CT molecular complexity index is 607. The van der Waals surface area contributed by atoms with Gasteiger partial charge in [-0.3, -0.25) is 0 Å². The van der Waals surface area contributed by atoms with E-state index in [4.69, 9.17) is 4.74 Å². The topological polar surface area (TPSA) is 58.6 Å². The van der Waals surface area contributed by atoms with Crippen LogP contribution in [0, 0.1) is 0 Å². The molecule has 22 heavy (non-hydrogen) atoms. The molecule has 1 aliphatic rings. The van der Waals surface area contributed by atoms with Crippen molar-refractivity contribution < 1.29 is 9.53 Å². The molecule has 1 aliphatic heterocycles. The Kier molecular flexibility index (Phi) is 4.53. The normalized spacial score (nSPS) is 15.0. The fourth-order valence-corrected chi connectivity index (χ4v) is 3.06. The number of rotatable bonds is 3. The molecule has 2 aromatic rings. The Morgan fingerprint density at radius 1 is 1.27 bits per heavy atom. The Morgan fingerprint density at radius 3 is 2.59 bits per heavy atom. The van der Waals surface area contributed by atoms with Crippen molar-refractivity contribution >= 4 is 23.4 Å². The van der Waals surface area contributed by atoms with Crippen LogP contribution in [0.2, 0.25) is 0 Å². The highest BCUT2D eigenvalue weighted by Gasteiger charge is 2.23. The van der Waals surface area contributed by atoms with E-state index < -0.39 is 0 Å². The van der Waals surface area contributed by atoms with Gasteiger partial charge >= 0.3 is 6.09 Å². The molecule has 0 radical (unpaired) electrons. The van der Waals surface area contributed by atoms with Gasteiger partial charge in [0.15, 0.2) is 0 Å². The fraction of sp³-hybridized carbons (Fsp3) is 0.400. The average molecular weight is 318 g/mol. The lowest BCUT2D eigenvalue weighted by Crippen LogP contribution is -2.49. The molecule has 116 valence electrons. The number of ether oxygens (including phenoxy) is 1. The van der Waals surface area contributed by atoms with E-state index in [2.05, 4.69) is 20.9 Å². The SMILES string of the molecule is CCOC(=O)N1CCN(c2ncc(-c3cccs3)cn2)CC1. The lowest BCUT2D eigenvalue weighted by molar-refractivity contribution is 0.105. The standard InChI is InChI=1S/C15H18N4O2S/c1-2-21-15(20)19-7-5-18(6-8-19)14-16-10-12(11-17-14)13-4-3-9-22-13/h3-4,9-11H,2,5-8H2,1H3. The molecule has 1 saturated heterocycles. The summed E-state index contributed by atoms with van der Waals surface area (Å²) in [4.78, 5) is 25.6. The zero-order chi connectivity index (χ0) is 15.4. The number of hydrogen-bond acceptors (Lipinski definition) is 6. The van der Waals surface area contributed by atoms with Gasteiger partial charge in [-0.15, -0.1) is 11.3 Å². The zero-order valence-electron chi connectivity index (χ0n) is 12.4. The van der Waals surface area contributed by atoms with E-state index in [1.807, 2.05) is 30.8 Å². The van der Waals surface area contributed by atoms with Crippen LogP contribution in [0.1, 0.15) is 6.92 Å². The van der Waals surface area contributed by atoms with E-state index in [1.165, 1.54) is 4.88 Å². The third-order valence-corrected chi connectivity index (χ3v) is 4.45. The van der Waals surface area contributed by atoms with Crippen LogP contribution in [0.15, 0.2) is 29.9 Å². The minimum Gasteiger partial charge on any atom is -0.450 e. The van der Waals surface area contributed by atoms with Crippen molar-refractivity contribution in [1.82, 2.24) is 14.9 Å². The highest BCUT2D eigenvalue weighted by atomic mass is 32.1. The van der Waals surface area contributed by atoms with Gasteiger partial charge < -0.3 is 14.5 Å². The third kappa shape index (κ3) is 3.19. The van der Waals surface area contributed by atoms with Crippen LogP contribution in [0.25, 0.3) is 10.4 Å². The molecule has 0 aliphatic carbocycles. The summed E-state index contributed by atoms with van der Waals surface area (Å²) < 4.78 is 5.02. The van der Waals surface area contributed by atoms with Crippen molar-refractivity contribution in [2.24, 2.45) is 0 Å². The maximum absolute atomic E-state index is 11.7. The molecule has 3 heterocycles. The van der Waals surface area contributed by atoms with Crippen LogP contribution >= 0.6 is 11.3 Å². The third-order valence-electron chi connectivity index (χ3n) is 3.53. The summed E-state index contributed by atoms with van der Waals surface area (Å²) in [5, 5.41) is 2.04. The van der Waals surface area contributed by atoms with Crippen LogP contribution in [-0.4, -0.2) is 53.7 Å². The van der Waals surface area contributed by atoms with Gasteiger partial charge in [0.05, 0.1) is 6.61 Å². The molecule has 0 atom stereocenters. The molecule has 0 aromatic carbocycles. The van der Waals surface area contributed by atoms with Gasteiger partial charge in [0, 0.05) is 49.0 Å². The predicted octanol–water partition coefficient (Wildman–Crippen LogP) is 2.48. The van der Waals surface area contributed by atoms with Crippen molar-refractivity contribution in [2.75, 3.05) is 37.7 Å². The Hall–Kier alpha value is -2.15. The second-order valence-corrected chi connectivity index (χ2v) is 5.87. The molecule has 7 heteroatoms. The molecule has 0 spiro atoms. The number of anilines is 1. The summed E-state index contributed by atoms with van der Waals surface area (Å²) >= 11 is 1.67. The quantitative estimate of drug-likeness (QED) is 0.870. The van der Waals surface area contributed by atoms with Gasteiger partial charge in [-0.2, -0.15) is 0 Å². The number of carbonyl (C=O) groups excluding carboxylic acids is 1. The number of amides is 1. The second-order valence-electron chi connectivity index (χ2n) is 4.92. The van der Waals surface area contributed by atoms with E-state index in [0.717, 1.165) is 18.7 Å². The molecule has 1 amide bonds. The van der Waals surface area contributed by atoms with Gasteiger partial charge in [-0.1, -0.05) is 6.07 Å². The lowest BCUT2D eigenvalue weighted by atomic mass is 10.3. The summed E-state index contributed by atoms with van der Waals surface area (Å²) in [6.07, 6.45) is 3.47. The lowest BCUT2D eigenvalue weighted by Gasteiger charge is -2.33. The Labute approximate surface area is 133 Å². The van der Waals surface area contributed by atoms with Crippen LogP contribution in [0.3, 0.4) is 0 Å². The molecular weight excluding hydrogens is 300 g/mol. The van der Waals surface area contributed by atoms with Crippen LogP contribution in [0.5, 0.6) is 0 Å². The molecule has 0 saturated carbocycles. The molecule has 6 nitrogen and oxygen atoms in total. The van der Waals surface area contributed by atoms with Crippen LogP contribution in [-0.2, 0) is 4.74 Å². The van der Waals surface area contributed by atoms with E-state index in [1.54, 1.807) is 16.2 Å². The van der Waals surface area contributed by atoms with E-state index in [9.17, 15) is 4.79 Å². The first kappa shape index (κ1) is 14.8. The van der Waals surface area contributed by atoms with Crippen molar-refractivity contribution in [1.29, 1.82) is 0 Å². The zero-order valence-corrected chi connectivity index (χ0v) is 13.3. The number of thiophene rings is 1. The Balaban J connectivity index is 1.61. The minimum absolute atomic E-state index is 0.240. The van der Waals surface area contributed by atoms with Gasteiger partial charge in [-0.25, -0.2) is 14.8 Å².